The molecular formula is C20H23NO2. The number of nitrogens with one attached hydrogen (secondary N) is 1. The molecule has 23 heavy (non-hydrogen) atoms. The number of aliphatic hydroxyl groups excluding tert-OH is 1. The van der Waals surface area contributed by atoms with E-state index in [0.29, 0.717) is 17.9 Å². The fourth-order valence-electron chi connectivity index (χ4n) is 2.22. The Balaban J connectivity index is 2.09. The van der Waals surface area contributed by atoms with E-state index in [4.69, 9.17) is 5.11 Å². The van der Waals surface area contributed by atoms with Crippen LogP contribution in [-0.4, -0.2) is 17.6 Å². The van der Waals surface area contributed by atoms with E-state index >= 15 is 0 Å². The number of carbonyl (C=O) groups is 1. The van der Waals surface area contributed by atoms with Gasteiger partial charge in [0.25, 0.3) is 5.91 Å². The van der Waals surface area contributed by atoms with Gasteiger partial charge in [-0.05, 0) is 41.7 Å². The lowest BCUT2D eigenvalue weighted by Crippen LogP contribution is -2.13. The van der Waals surface area contributed by atoms with Gasteiger partial charge in [0.2, 0.25) is 0 Å². The Morgan fingerprint density at radius 2 is 1.83 bits per heavy atom. The number of aliphatic hydroxyl groups is 1. The van der Waals surface area contributed by atoms with Gasteiger partial charge in [0.15, 0.2) is 0 Å². The summed E-state index contributed by atoms with van der Waals surface area (Å²) in [4.78, 5) is 12.4. The van der Waals surface area contributed by atoms with Crippen molar-refractivity contribution in [3.8, 4) is 0 Å². The monoisotopic (exact) mass is 309 g/mol. The number of rotatable bonds is 6. The number of para-hydroxylation sites is 1. The van der Waals surface area contributed by atoms with Gasteiger partial charge in [0.05, 0.1) is 0 Å². The maximum Gasteiger partial charge on any atom is 0.255 e. The first-order valence-corrected chi connectivity index (χ1v) is 7.88. The lowest BCUT2D eigenvalue weighted by Gasteiger charge is -2.10. The maximum atomic E-state index is 12.4. The molecule has 0 aromatic heterocycles. The number of hydrogen-bond acceptors (Lipinski definition) is 2. The van der Waals surface area contributed by atoms with Crippen molar-refractivity contribution >= 4 is 17.7 Å². The van der Waals surface area contributed by atoms with Crippen LogP contribution in [-0.2, 0) is 6.42 Å². The summed E-state index contributed by atoms with van der Waals surface area (Å²) in [6.45, 7) is 4.31. The van der Waals surface area contributed by atoms with E-state index in [1.807, 2.05) is 48.5 Å². The molecule has 0 saturated carbocycles. The molecule has 0 saturated heterocycles. The van der Waals surface area contributed by atoms with E-state index in [1.165, 1.54) is 0 Å². The smallest absolute Gasteiger partial charge is 0.255 e. The van der Waals surface area contributed by atoms with Crippen molar-refractivity contribution in [2.75, 3.05) is 11.9 Å². The van der Waals surface area contributed by atoms with E-state index in [9.17, 15) is 4.79 Å². The van der Waals surface area contributed by atoms with Gasteiger partial charge in [-0.1, -0.05) is 56.3 Å². The normalized spacial score (nSPS) is 11.1. The predicted octanol–water partition coefficient (Wildman–Crippen LogP) is 4.14. The van der Waals surface area contributed by atoms with Crippen LogP contribution >= 0.6 is 0 Å². The van der Waals surface area contributed by atoms with Gasteiger partial charge in [0.1, 0.15) is 0 Å². The summed E-state index contributed by atoms with van der Waals surface area (Å²) in [5.74, 6) is 0.357. The Hall–Kier alpha value is -2.39. The van der Waals surface area contributed by atoms with Crippen LogP contribution < -0.4 is 5.32 Å². The summed E-state index contributed by atoms with van der Waals surface area (Å²) < 4.78 is 0. The summed E-state index contributed by atoms with van der Waals surface area (Å²) in [5, 5.41) is 12.0. The second-order valence-corrected chi connectivity index (χ2v) is 5.81. The first-order valence-electron chi connectivity index (χ1n) is 7.88. The van der Waals surface area contributed by atoms with E-state index in [-0.39, 0.29) is 12.5 Å². The Labute approximate surface area is 137 Å². The van der Waals surface area contributed by atoms with Crippen molar-refractivity contribution in [1.29, 1.82) is 0 Å². The van der Waals surface area contributed by atoms with Gasteiger partial charge in [0, 0.05) is 17.9 Å². The zero-order chi connectivity index (χ0) is 16.7. The number of anilines is 1. The van der Waals surface area contributed by atoms with E-state index in [1.54, 1.807) is 0 Å². The minimum absolute atomic E-state index is 0.0593. The van der Waals surface area contributed by atoms with Crippen LogP contribution in [0, 0.1) is 5.92 Å². The molecule has 0 fully saturated rings. The molecule has 2 aromatic carbocycles. The van der Waals surface area contributed by atoms with E-state index < -0.39 is 0 Å². The van der Waals surface area contributed by atoms with Gasteiger partial charge < -0.3 is 10.4 Å². The molecule has 0 aliphatic carbocycles. The lowest BCUT2D eigenvalue weighted by atomic mass is 10.1. The van der Waals surface area contributed by atoms with Gasteiger partial charge in [-0.2, -0.15) is 0 Å². The molecule has 0 radical (unpaired) electrons. The molecule has 0 heterocycles. The molecule has 2 aromatic rings. The average molecular weight is 309 g/mol. The number of carbonyl (C=O) groups excluding carboxylic acids is 1. The van der Waals surface area contributed by atoms with E-state index in [0.717, 1.165) is 16.8 Å². The zero-order valence-electron chi connectivity index (χ0n) is 13.6. The van der Waals surface area contributed by atoms with E-state index in [2.05, 4.69) is 31.3 Å². The van der Waals surface area contributed by atoms with Crippen LogP contribution in [0.3, 0.4) is 0 Å². The number of allylic oxidation sites excluding steroid dienone is 1. The molecule has 0 atom stereocenters. The summed E-state index contributed by atoms with van der Waals surface area (Å²) in [5.41, 5.74) is 3.37. The molecule has 1 amide bonds. The molecule has 3 heteroatoms. The molecule has 0 aliphatic heterocycles. The van der Waals surface area contributed by atoms with Gasteiger partial charge in [-0.25, -0.2) is 0 Å². The van der Waals surface area contributed by atoms with Crippen LogP contribution in [0.4, 0.5) is 5.69 Å². The molecular weight excluding hydrogens is 286 g/mol. The van der Waals surface area contributed by atoms with Crippen molar-refractivity contribution in [2.45, 2.75) is 20.3 Å². The van der Waals surface area contributed by atoms with Crippen molar-refractivity contribution in [1.82, 2.24) is 0 Å². The van der Waals surface area contributed by atoms with Crippen molar-refractivity contribution in [3.05, 3.63) is 71.3 Å². The highest BCUT2D eigenvalue weighted by Gasteiger charge is 2.08. The Kier molecular flexibility index (Phi) is 6.12. The molecule has 120 valence electrons. The fourth-order valence-corrected chi connectivity index (χ4v) is 2.22. The highest BCUT2D eigenvalue weighted by molar-refractivity contribution is 6.04. The minimum atomic E-state index is -0.144. The SMILES string of the molecule is CC(C)/C=C/c1ccc(C(=O)Nc2ccccc2CCO)cc1. The van der Waals surface area contributed by atoms with Crippen LogP contribution in [0.25, 0.3) is 6.08 Å². The third kappa shape index (κ3) is 5.08. The molecule has 0 unspecified atom stereocenters. The minimum Gasteiger partial charge on any atom is -0.396 e. The third-order valence-electron chi connectivity index (χ3n) is 3.49. The van der Waals surface area contributed by atoms with Gasteiger partial charge >= 0.3 is 0 Å². The fraction of sp³-hybridized carbons (Fsp3) is 0.250. The van der Waals surface area contributed by atoms with Gasteiger partial charge in [-0.3, -0.25) is 4.79 Å². The van der Waals surface area contributed by atoms with Crippen molar-refractivity contribution in [2.24, 2.45) is 5.92 Å². The number of amides is 1. The molecule has 2 N–H and O–H groups in total. The Morgan fingerprint density at radius 1 is 1.13 bits per heavy atom. The second kappa shape index (κ2) is 8.30. The summed E-state index contributed by atoms with van der Waals surface area (Å²) in [6.07, 6.45) is 4.71. The Bertz CT molecular complexity index is 672. The largest absolute Gasteiger partial charge is 0.396 e. The quantitative estimate of drug-likeness (QED) is 0.842. The van der Waals surface area contributed by atoms with Crippen LogP contribution in [0.2, 0.25) is 0 Å². The third-order valence-corrected chi connectivity index (χ3v) is 3.49. The van der Waals surface area contributed by atoms with Gasteiger partial charge in [-0.15, -0.1) is 0 Å². The predicted molar refractivity (Wildman–Crippen MR) is 95.5 cm³/mol. The van der Waals surface area contributed by atoms with Crippen LogP contribution in [0.5, 0.6) is 0 Å². The van der Waals surface area contributed by atoms with Crippen molar-refractivity contribution < 1.29 is 9.90 Å². The van der Waals surface area contributed by atoms with Crippen LogP contribution in [0.1, 0.15) is 35.3 Å². The number of hydrogen-bond donors (Lipinski definition) is 2. The lowest BCUT2D eigenvalue weighted by molar-refractivity contribution is 0.102. The second-order valence-electron chi connectivity index (χ2n) is 5.81. The highest BCUT2D eigenvalue weighted by Crippen LogP contribution is 2.17. The summed E-state index contributed by atoms with van der Waals surface area (Å²) in [7, 11) is 0. The molecule has 0 aliphatic rings. The molecule has 2 rings (SSSR count). The topological polar surface area (TPSA) is 49.3 Å². The average Bonchev–Trinajstić information content (AvgIpc) is 2.55. The number of benzene rings is 2. The van der Waals surface area contributed by atoms with Crippen molar-refractivity contribution in [3.63, 3.8) is 0 Å². The Morgan fingerprint density at radius 3 is 2.48 bits per heavy atom. The summed E-state index contributed by atoms with van der Waals surface area (Å²) >= 11 is 0. The molecule has 0 spiro atoms. The van der Waals surface area contributed by atoms with Crippen LogP contribution in [0.15, 0.2) is 54.6 Å². The first-order chi connectivity index (χ1) is 11.1. The maximum absolute atomic E-state index is 12.4. The molecule has 0 bridgehead atoms. The summed E-state index contributed by atoms with van der Waals surface area (Å²) in [6, 6.07) is 15.1. The standard InChI is InChI=1S/C20H23NO2/c1-15(2)7-8-16-9-11-18(12-10-16)20(23)21-19-6-4-3-5-17(19)13-14-22/h3-12,15,22H,13-14H2,1-2H3,(H,21,23)/b8-7+. The zero-order valence-corrected chi connectivity index (χ0v) is 13.6. The molecule has 3 nitrogen and oxygen atoms in total. The highest BCUT2D eigenvalue weighted by atomic mass is 16.3. The first kappa shape index (κ1) is 17.0.